The van der Waals surface area contributed by atoms with Crippen molar-refractivity contribution in [1.29, 1.82) is 0 Å². The first-order valence-electron chi connectivity index (χ1n) is 11.3. The van der Waals surface area contributed by atoms with E-state index in [-0.39, 0.29) is 23.8 Å². The van der Waals surface area contributed by atoms with E-state index in [1.54, 1.807) is 0 Å². The predicted molar refractivity (Wildman–Crippen MR) is 132 cm³/mol. The van der Waals surface area contributed by atoms with Gasteiger partial charge in [-0.25, -0.2) is 9.59 Å². The molecule has 3 saturated heterocycles. The Bertz CT molecular complexity index is 523. The second-order valence-corrected chi connectivity index (χ2v) is 15.2. The van der Waals surface area contributed by atoms with E-state index in [0.29, 0.717) is 22.3 Å². The molecule has 0 N–H and O–H groups in total. The highest BCUT2D eigenvalue weighted by atomic mass is 33.1. The summed E-state index contributed by atoms with van der Waals surface area (Å²) in [5.41, 5.74) is 0. The maximum atomic E-state index is 13.1. The molecule has 6 unspecified atom stereocenters. The van der Waals surface area contributed by atoms with E-state index < -0.39 is 12.2 Å². The van der Waals surface area contributed by atoms with Gasteiger partial charge in [-0.3, -0.25) is 0 Å². The fourth-order valence-electron chi connectivity index (χ4n) is 4.69. The predicted octanol–water partition coefficient (Wildman–Crippen LogP) is 6.24. The smallest absolute Gasteiger partial charge is 0.348 e. The quantitative estimate of drug-likeness (QED) is 0.262. The van der Waals surface area contributed by atoms with E-state index in [4.69, 9.17) is 9.47 Å². The summed E-state index contributed by atoms with van der Waals surface area (Å²) < 4.78 is 11.7. The van der Waals surface area contributed by atoms with Crippen molar-refractivity contribution in [3.05, 3.63) is 0 Å². The van der Waals surface area contributed by atoms with Gasteiger partial charge in [-0.15, -0.1) is 0 Å². The summed E-state index contributed by atoms with van der Waals surface area (Å²) in [5.74, 6) is 2.68. The largest absolute Gasteiger partial charge is 0.447 e. The lowest BCUT2D eigenvalue weighted by molar-refractivity contribution is -0.204. The number of hydrogen-bond donors (Lipinski definition) is 0. The van der Waals surface area contributed by atoms with E-state index in [0.717, 1.165) is 50.0 Å². The van der Waals surface area contributed by atoms with Gasteiger partial charge in [-0.05, 0) is 50.4 Å². The summed E-state index contributed by atoms with van der Waals surface area (Å²) >= 11 is 0. The molecule has 3 heterocycles. The number of carbonyl (C=O) groups is 2. The van der Waals surface area contributed by atoms with Gasteiger partial charge < -0.3 is 9.47 Å². The van der Waals surface area contributed by atoms with E-state index in [1.807, 2.05) is 43.2 Å². The van der Waals surface area contributed by atoms with Crippen LogP contribution in [-0.2, 0) is 19.1 Å². The van der Waals surface area contributed by atoms with Crippen LogP contribution < -0.4 is 0 Å². The number of rotatable bonds is 10. The average Bonchev–Trinajstić information content (AvgIpc) is 3.35. The molecule has 0 radical (unpaired) electrons. The van der Waals surface area contributed by atoms with Crippen molar-refractivity contribution in [2.75, 3.05) is 11.5 Å². The third kappa shape index (κ3) is 7.17. The molecule has 0 aromatic rings. The molecule has 0 bridgehead atoms. The van der Waals surface area contributed by atoms with Crippen molar-refractivity contribution in [2.24, 2.45) is 23.7 Å². The molecule has 172 valence electrons. The molecule has 0 spiro atoms. The summed E-state index contributed by atoms with van der Waals surface area (Å²) in [6.07, 6.45) is 4.44. The van der Waals surface area contributed by atoms with Crippen molar-refractivity contribution in [3.8, 4) is 0 Å². The number of ether oxygens (including phenoxy) is 2. The molecular weight excluding hydrogens is 457 g/mol. The van der Waals surface area contributed by atoms with E-state index in [2.05, 4.69) is 27.7 Å². The Labute approximate surface area is 197 Å². The van der Waals surface area contributed by atoms with Crippen molar-refractivity contribution < 1.29 is 19.1 Å². The molecule has 3 rings (SSSR count). The molecule has 0 aromatic heterocycles. The molecular formula is C22H36O4S4. The van der Waals surface area contributed by atoms with Gasteiger partial charge in [0.15, 0.2) is 0 Å². The minimum absolute atomic E-state index is 0.0453. The maximum absolute atomic E-state index is 13.1. The van der Waals surface area contributed by atoms with E-state index in [9.17, 15) is 9.59 Å². The zero-order chi connectivity index (χ0) is 21.7. The Balaban J connectivity index is 1.67. The van der Waals surface area contributed by atoms with Crippen LogP contribution in [0, 0.1) is 23.7 Å². The lowest BCUT2D eigenvalue weighted by Crippen LogP contribution is -2.51. The fraction of sp³-hybridized carbons (Fsp3) is 0.909. The van der Waals surface area contributed by atoms with Crippen LogP contribution in [0.3, 0.4) is 0 Å². The second kappa shape index (κ2) is 12.0. The second-order valence-electron chi connectivity index (χ2n) is 9.62. The summed E-state index contributed by atoms with van der Waals surface area (Å²) in [7, 11) is 7.64. The lowest BCUT2D eigenvalue weighted by Gasteiger charge is -2.37. The minimum Gasteiger partial charge on any atom is -0.447 e. The van der Waals surface area contributed by atoms with Crippen molar-refractivity contribution in [2.45, 2.75) is 88.9 Å². The molecule has 8 heteroatoms. The van der Waals surface area contributed by atoms with Gasteiger partial charge in [0.1, 0.15) is 0 Å². The highest BCUT2D eigenvalue weighted by Crippen LogP contribution is 2.44. The first-order chi connectivity index (χ1) is 14.3. The van der Waals surface area contributed by atoms with Crippen molar-refractivity contribution in [1.82, 2.24) is 0 Å². The van der Waals surface area contributed by atoms with Gasteiger partial charge in [0.25, 0.3) is 0 Å². The third-order valence-electron chi connectivity index (χ3n) is 5.94. The minimum atomic E-state index is -0.738. The number of carbonyl (C=O) groups excluding carboxylic acids is 2. The van der Waals surface area contributed by atoms with Gasteiger partial charge in [0, 0.05) is 33.8 Å². The van der Waals surface area contributed by atoms with Gasteiger partial charge in [0.05, 0.1) is 0 Å². The number of cyclic esters (lactones) is 2. The third-order valence-corrected chi connectivity index (χ3v) is 11.9. The average molecular weight is 493 g/mol. The Morgan fingerprint density at radius 2 is 1.17 bits per heavy atom. The zero-order valence-electron chi connectivity index (χ0n) is 18.5. The fourth-order valence-corrected chi connectivity index (χ4v) is 10.8. The summed E-state index contributed by atoms with van der Waals surface area (Å²) in [6, 6.07) is 0. The first kappa shape index (κ1) is 25.0. The van der Waals surface area contributed by atoms with Crippen molar-refractivity contribution >= 4 is 55.1 Å². The van der Waals surface area contributed by atoms with Crippen LogP contribution in [0.2, 0.25) is 0 Å². The Morgan fingerprint density at radius 3 is 1.47 bits per heavy atom. The maximum Gasteiger partial charge on any atom is 0.348 e. The summed E-state index contributed by atoms with van der Waals surface area (Å²) in [6.45, 7) is 8.66. The van der Waals surface area contributed by atoms with Crippen LogP contribution >= 0.6 is 43.2 Å². The van der Waals surface area contributed by atoms with Gasteiger partial charge in [-0.2, -0.15) is 0 Å². The summed E-state index contributed by atoms with van der Waals surface area (Å²) in [5, 5.41) is 1.07. The molecule has 0 aliphatic carbocycles. The van der Waals surface area contributed by atoms with Crippen molar-refractivity contribution in [3.63, 3.8) is 0 Å². The number of hydrogen-bond acceptors (Lipinski definition) is 8. The molecule has 6 atom stereocenters. The SMILES string of the molecule is CC(C)CC(CC1CCSS1)C1OC(=O)C(C(CC(C)C)CC2CCSS2)OC1=O. The van der Waals surface area contributed by atoms with Crippen LogP contribution in [0.1, 0.15) is 66.2 Å². The first-order valence-corrected chi connectivity index (χ1v) is 16.1. The van der Waals surface area contributed by atoms with Crippen LogP contribution in [0.15, 0.2) is 0 Å². The normalized spacial score (nSPS) is 31.8. The van der Waals surface area contributed by atoms with Crippen LogP contribution in [0.25, 0.3) is 0 Å². The molecule has 30 heavy (non-hydrogen) atoms. The van der Waals surface area contributed by atoms with Crippen LogP contribution in [0.5, 0.6) is 0 Å². The highest BCUT2D eigenvalue weighted by Gasteiger charge is 2.46. The molecule has 4 nitrogen and oxygen atoms in total. The summed E-state index contributed by atoms with van der Waals surface area (Å²) in [4.78, 5) is 26.1. The molecule has 0 amide bonds. The number of esters is 2. The Hall–Kier alpha value is 0.340. The molecule has 0 saturated carbocycles. The zero-order valence-corrected chi connectivity index (χ0v) is 21.8. The highest BCUT2D eigenvalue weighted by molar-refractivity contribution is 8.77. The molecule has 3 aliphatic heterocycles. The van der Waals surface area contributed by atoms with Crippen LogP contribution in [-0.4, -0.2) is 46.2 Å². The molecule has 0 aromatic carbocycles. The van der Waals surface area contributed by atoms with Gasteiger partial charge >= 0.3 is 11.9 Å². The van der Waals surface area contributed by atoms with Crippen LogP contribution in [0.4, 0.5) is 0 Å². The van der Waals surface area contributed by atoms with Gasteiger partial charge in [0.2, 0.25) is 12.2 Å². The molecule has 3 fully saturated rings. The van der Waals surface area contributed by atoms with E-state index >= 15 is 0 Å². The molecule has 3 aliphatic rings. The van der Waals surface area contributed by atoms with E-state index in [1.165, 1.54) is 0 Å². The van der Waals surface area contributed by atoms with Gasteiger partial charge in [-0.1, -0.05) is 70.9 Å². The Kier molecular flexibility index (Phi) is 9.98. The standard InChI is InChI=1S/C22H36O4S4/c1-13(2)9-15(11-17-5-7-27-29-17)19-21(23)26-20(22(24)25-19)16(10-14(3)4)12-18-6-8-28-30-18/h13-20H,5-12H2,1-4H3. The topological polar surface area (TPSA) is 52.6 Å². The lowest BCUT2D eigenvalue weighted by atomic mass is 9.85. The monoisotopic (exact) mass is 492 g/mol. The Morgan fingerprint density at radius 1 is 0.767 bits per heavy atom.